The number of carbonyl (C=O) groups excluding carboxylic acids is 1. The number of aromatic nitrogens is 1. The summed E-state index contributed by atoms with van der Waals surface area (Å²) in [5.74, 6) is -3.81. The predicted molar refractivity (Wildman–Crippen MR) is 63.2 cm³/mol. The molecule has 0 saturated heterocycles. The van der Waals surface area contributed by atoms with E-state index in [0.29, 0.717) is 0 Å². The molecule has 0 fully saturated rings. The summed E-state index contributed by atoms with van der Waals surface area (Å²) in [6.07, 6.45) is 0.287. The van der Waals surface area contributed by atoms with Crippen LogP contribution in [0.3, 0.4) is 0 Å². The SMILES string of the molecule is Cn1cc([N+](=O)[O-])cc1C(=O)NC(CC(=O)O)C(=O)O. The fraction of sp³-hybridized carbons (Fsp3) is 0.300. The van der Waals surface area contributed by atoms with Crippen LogP contribution in [0, 0.1) is 10.1 Å². The van der Waals surface area contributed by atoms with Gasteiger partial charge < -0.3 is 20.1 Å². The van der Waals surface area contributed by atoms with Crippen molar-refractivity contribution in [2.75, 3.05) is 0 Å². The number of hydrogen-bond acceptors (Lipinski definition) is 5. The van der Waals surface area contributed by atoms with E-state index in [1.807, 2.05) is 5.32 Å². The molecule has 10 nitrogen and oxygen atoms in total. The fourth-order valence-corrected chi connectivity index (χ4v) is 1.48. The lowest BCUT2D eigenvalue weighted by atomic mass is 10.2. The first-order valence-corrected chi connectivity index (χ1v) is 5.28. The molecule has 3 N–H and O–H groups in total. The summed E-state index contributed by atoms with van der Waals surface area (Å²) in [5, 5.41) is 29.9. The van der Waals surface area contributed by atoms with Crippen LogP contribution in [0.4, 0.5) is 5.69 Å². The van der Waals surface area contributed by atoms with Gasteiger partial charge in [0.1, 0.15) is 11.7 Å². The highest BCUT2D eigenvalue weighted by Gasteiger charge is 2.25. The van der Waals surface area contributed by atoms with Gasteiger partial charge in [-0.15, -0.1) is 0 Å². The topological polar surface area (TPSA) is 152 Å². The second-order valence-corrected chi connectivity index (χ2v) is 3.91. The number of aryl methyl sites for hydroxylation is 1. The lowest BCUT2D eigenvalue weighted by Crippen LogP contribution is -2.42. The van der Waals surface area contributed by atoms with E-state index in [9.17, 15) is 24.5 Å². The number of nitrogens with zero attached hydrogens (tertiary/aromatic N) is 2. The van der Waals surface area contributed by atoms with Crippen LogP contribution in [0.5, 0.6) is 0 Å². The Labute approximate surface area is 111 Å². The molecule has 1 rings (SSSR count). The number of nitrogens with one attached hydrogen (secondary N) is 1. The Morgan fingerprint density at radius 2 is 2.05 bits per heavy atom. The van der Waals surface area contributed by atoms with Gasteiger partial charge in [0.05, 0.1) is 17.5 Å². The first-order valence-electron chi connectivity index (χ1n) is 5.28. The number of amides is 1. The van der Waals surface area contributed by atoms with Gasteiger partial charge in [-0.2, -0.15) is 0 Å². The van der Waals surface area contributed by atoms with Crippen molar-refractivity contribution in [3.63, 3.8) is 0 Å². The molecule has 0 aliphatic heterocycles. The standard InChI is InChI=1S/C10H11N3O7/c1-12-4-5(13(19)20)2-7(12)9(16)11-6(10(17)18)3-8(14)15/h2,4,6H,3H2,1H3,(H,11,16)(H,14,15)(H,17,18). The maximum atomic E-state index is 11.8. The summed E-state index contributed by atoms with van der Waals surface area (Å²) in [7, 11) is 1.37. The van der Waals surface area contributed by atoms with Gasteiger partial charge in [-0.25, -0.2) is 4.79 Å². The highest BCUT2D eigenvalue weighted by atomic mass is 16.6. The van der Waals surface area contributed by atoms with Crippen LogP contribution in [-0.4, -0.2) is 43.6 Å². The van der Waals surface area contributed by atoms with Crippen LogP contribution >= 0.6 is 0 Å². The smallest absolute Gasteiger partial charge is 0.326 e. The molecule has 0 bridgehead atoms. The quantitative estimate of drug-likeness (QED) is 0.474. The van der Waals surface area contributed by atoms with Crippen molar-refractivity contribution in [3.05, 3.63) is 28.1 Å². The summed E-state index contributed by atoms with van der Waals surface area (Å²) in [6, 6.07) is -0.649. The molecule has 0 aliphatic rings. The second-order valence-electron chi connectivity index (χ2n) is 3.91. The van der Waals surface area contributed by atoms with E-state index in [1.165, 1.54) is 7.05 Å². The zero-order chi connectivity index (χ0) is 15.4. The van der Waals surface area contributed by atoms with E-state index in [0.717, 1.165) is 16.8 Å². The Bertz CT molecular complexity index is 577. The van der Waals surface area contributed by atoms with Crippen LogP contribution in [0.25, 0.3) is 0 Å². The number of carbonyl (C=O) groups is 3. The van der Waals surface area contributed by atoms with Crippen molar-refractivity contribution in [3.8, 4) is 0 Å². The van der Waals surface area contributed by atoms with E-state index in [-0.39, 0.29) is 11.4 Å². The van der Waals surface area contributed by atoms with Crippen molar-refractivity contribution in [1.29, 1.82) is 0 Å². The number of carboxylic acid groups (broad SMARTS) is 2. The van der Waals surface area contributed by atoms with E-state index < -0.39 is 35.2 Å². The molecule has 0 aromatic carbocycles. The van der Waals surface area contributed by atoms with Gasteiger partial charge in [0.25, 0.3) is 11.6 Å². The third-order valence-corrected chi connectivity index (χ3v) is 2.42. The van der Waals surface area contributed by atoms with Crippen molar-refractivity contribution >= 4 is 23.5 Å². The minimum atomic E-state index is -1.62. The molecule has 0 aliphatic carbocycles. The number of carboxylic acids is 2. The zero-order valence-electron chi connectivity index (χ0n) is 10.3. The first-order chi connectivity index (χ1) is 9.22. The average molecular weight is 285 g/mol. The lowest BCUT2D eigenvalue weighted by molar-refractivity contribution is -0.384. The summed E-state index contributed by atoms with van der Waals surface area (Å²) in [6.45, 7) is 0. The van der Waals surface area contributed by atoms with Crippen molar-refractivity contribution in [2.24, 2.45) is 7.05 Å². The molecular formula is C10H11N3O7. The number of aliphatic carboxylic acids is 2. The number of nitro groups is 1. The Balaban J connectivity index is 2.91. The largest absolute Gasteiger partial charge is 0.481 e. The maximum absolute atomic E-state index is 11.8. The van der Waals surface area contributed by atoms with E-state index in [2.05, 4.69) is 0 Å². The summed E-state index contributed by atoms with van der Waals surface area (Å²) in [5.41, 5.74) is -0.476. The van der Waals surface area contributed by atoms with Crippen LogP contribution in [-0.2, 0) is 16.6 Å². The predicted octanol–water partition coefficient (Wildman–Crippen LogP) is -0.409. The fourth-order valence-electron chi connectivity index (χ4n) is 1.48. The zero-order valence-corrected chi connectivity index (χ0v) is 10.3. The van der Waals surface area contributed by atoms with Gasteiger partial charge >= 0.3 is 11.9 Å². The maximum Gasteiger partial charge on any atom is 0.326 e. The van der Waals surface area contributed by atoms with E-state index in [4.69, 9.17) is 10.2 Å². The van der Waals surface area contributed by atoms with Gasteiger partial charge in [0.2, 0.25) is 0 Å². The molecule has 0 saturated carbocycles. The van der Waals surface area contributed by atoms with Crippen molar-refractivity contribution < 1.29 is 29.5 Å². The van der Waals surface area contributed by atoms with Crippen LogP contribution in [0.1, 0.15) is 16.9 Å². The number of rotatable bonds is 6. The Hall–Kier alpha value is -2.91. The molecule has 1 aromatic rings. The molecular weight excluding hydrogens is 274 g/mol. The minimum Gasteiger partial charge on any atom is -0.481 e. The third-order valence-electron chi connectivity index (χ3n) is 2.42. The molecule has 108 valence electrons. The Morgan fingerprint density at radius 1 is 1.45 bits per heavy atom. The van der Waals surface area contributed by atoms with Gasteiger partial charge in [0, 0.05) is 13.1 Å². The third kappa shape index (κ3) is 3.54. The highest BCUT2D eigenvalue weighted by Crippen LogP contribution is 2.15. The Kier molecular flexibility index (Phi) is 4.41. The van der Waals surface area contributed by atoms with Crippen LogP contribution < -0.4 is 5.32 Å². The van der Waals surface area contributed by atoms with Gasteiger partial charge in [-0.3, -0.25) is 19.7 Å². The Morgan fingerprint density at radius 3 is 2.45 bits per heavy atom. The van der Waals surface area contributed by atoms with Crippen LogP contribution in [0.2, 0.25) is 0 Å². The van der Waals surface area contributed by atoms with Gasteiger partial charge in [0.15, 0.2) is 0 Å². The molecule has 1 aromatic heterocycles. The minimum absolute atomic E-state index is 0.145. The van der Waals surface area contributed by atoms with Crippen molar-refractivity contribution in [2.45, 2.75) is 12.5 Å². The second kappa shape index (κ2) is 5.82. The van der Waals surface area contributed by atoms with Crippen LogP contribution in [0.15, 0.2) is 12.3 Å². The molecule has 1 amide bonds. The molecule has 0 radical (unpaired) electrons. The summed E-state index contributed by atoms with van der Waals surface area (Å²) < 4.78 is 1.15. The summed E-state index contributed by atoms with van der Waals surface area (Å²) in [4.78, 5) is 42.9. The van der Waals surface area contributed by atoms with E-state index >= 15 is 0 Å². The molecule has 20 heavy (non-hydrogen) atoms. The van der Waals surface area contributed by atoms with Crippen molar-refractivity contribution in [1.82, 2.24) is 9.88 Å². The van der Waals surface area contributed by atoms with Gasteiger partial charge in [-0.1, -0.05) is 0 Å². The molecule has 10 heteroatoms. The van der Waals surface area contributed by atoms with E-state index in [1.54, 1.807) is 0 Å². The molecule has 1 unspecified atom stereocenters. The average Bonchev–Trinajstić information content (AvgIpc) is 2.69. The summed E-state index contributed by atoms with van der Waals surface area (Å²) >= 11 is 0. The monoisotopic (exact) mass is 285 g/mol. The molecule has 0 spiro atoms. The number of hydrogen-bond donors (Lipinski definition) is 3. The first kappa shape index (κ1) is 15.1. The highest BCUT2D eigenvalue weighted by molar-refractivity contribution is 5.96. The normalized spacial score (nSPS) is 11.7. The lowest BCUT2D eigenvalue weighted by Gasteiger charge is -2.12. The molecule has 1 atom stereocenters. The van der Waals surface area contributed by atoms with Gasteiger partial charge in [-0.05, 0) is 0 Å². The molecule has 1 heterocycles.